The summed E-state index contributed by atoms with van der Waals surface area (Å²) in [6.45, 7) is 32.4. The number of alkyl halides is 1. The second-order valence-corrected chi connectivity index (χ2v) is 36.8. The summed E-state index contributed by atoms with van der Waals surface area (Å²) in [5.74, 6) is 15.2. The van der Waals surface area contributed by atoms with E-state index in [-0.39, 0.29) is 4.87 Å². The molecule has 9 unspecified atom stereocenters. The third-order valence-corrected chi connectivity index (χ3v) is 29.8. The summed E-state index contributed by atoms with van der Waals surface area (Å²) < 4.78 is 0. The minimum atomic E-state index is 0.228. The van der Waals surface area contributed by atoms with Gasteiger partial charge in [0.2, 0.25) is 0 Å². The number of hydrogen-bond donors (Lipinski definition) is 0. The van der Waals surface area contributed by atoms with Gasteiger partial charge in [0.25, 0.3) is 0 Å². The summed E-state index contributed by atoms with van der Waals surface area (Å²) in [6.07, 6.45) is 55.4. The van der Waals surface area contributed by atoms with Crippen LogP contribution in [0.2, 0.25) is 0 Å². The predicted molar refractivity (Wildman–Crippen MR) is 338 cm³/mol. The average molecular weight is 1090 g/mol. The van der Waals surface area contributed by atoms with E-state index in [1.807, 2.05) is 22.3 Å². The van der Waals surface area contributed by atoms with Crippen LogP contribution >= 0.6 is 11.6 Å². The zero-order chi connectivity index (χ0) is 55.2. The molecule has 0 nitrogen and oxygen atoms in total. The number of rotatable bonds is 2. The third kappa shape index (κ3) is 11.7. The van der Waals surface area contributed by atoms with E-state index in [9.17, 15) is 0 Å². The lowest BCUT2D eigenvalue weighted by molar-refractivity contribution is -0.0876. The Bertz CT molecular complexity index is 2100. The van der Waals surface area contributed by atoms with Gasteiger partial charge in [-0.1, -0.05) is 162 Å². The first-order valence-electron chi connectivity index (χ1n) is 35.7. The molecule has 0 aromatic heterocycles. The first-order valence-corrected chi connectivity index (χ1v) is 36.1. The molecule has 0 amide bonds. The van der Waals surface area contributed by atoms with Crippen molar-refractivity contribution in [2.24, 2.45) is 121 Å². The smallest absolute Gasteiger partial charge is 0.0455 e. The molecular formula is C77H127Cl. The van der Waals surface area contributed by atoms with E-state index in [0.29, 0.717) is 32.5 Å². The van der Waals surface area contributed by atoms with Gasteiger partial charge in [-0.15, -0.1) is 11.6 Å². The fourth-order valence-corrected chi connectivity index (χ4v) is 24.8. The van der Waals surface area contributed by atoms with Gasteiger partial charge in [-0.05, 0) is 314 Å². The van der Waals surface area contributed by atoms with Crippen molar-refractivity contribution >= 4 is 11.6 Å². The molecule has 442 valence electrons. The van der Waals surface area contributed by atoms with Crippen LogP contribution in [-0.4, -0.2) is 4.87 Å². The van der Waals surface area contributed by atoms with Gasteiger partial charge >= 0.3 is 0 Å². The molecule has 0 heterocycles. The van der Waals surface area contributed by atoms with Crippen molar-refractivity contribution in [2.75, 3.05) is 0 Å². The zero-order valence-corrected chi connectivity index (χ0v) is 54.8. The highest BCUT2D eigenvalue weighted by Gasteiger charge is 2.58. The lowest BCUT2D eigenvalue weighted by Crippen LogP contribution is -2.55. The Labute approximate surface area is 490 Å². The van der Waals surface area contributed by atoms with E-state index in [1.165, 1.54) is 199 Å². The summed E-state index contributed by atoms with van der Waals surface area (Å²) in [5, 5.41) is 0. The number of hydrogen-bond acceptors (Lipinski definition) is 0. The molecule has 0 aliphatic heterocycles. The van der Waals surface area contributed by atoms with E-state index < -0.39 is 0 Å². The van der Waals surface area contributed by atoms with Crippen molar-refractivity contribution in [3.63, 3.8) is 0 Å². The molecule has 0 spiro atoms. The van der Waals surface area contributed by atoms with Crippen LogP contribution in [0.25, 0.3) is 0 Å². The molecule has 1 heteroatoms. The van der Waals surface area contributed by atoms with E-state index in [2.05, 4.69) is 96.1 Å². The Morgan fingerprint density at radius 2 is 0.936 bits per heavy atom. The van der Waals surface area contributed by atoms with Gasteiger partial charge < -0.3 is 0 Å². The molecule has 13 saturated carbocycles. The molecular weight excluding hydrogens is 960 g/mol. The summed E-state index contributed by atoms with van der Waals surface area (Å²) in [4.78, 5) is 0.228. The monoisotopic (exact) mass is 1090 g/mol. The summed E-state index contributed by atoms with van der Waals surface area (Å²) in [7, 11) is 0. The van der Waals surface area contributed by atoms with Crippen molar-refractivity contribution in [1.29, 1.82) is 0 Å². The Morgan fingerprint density at radius 1 is 0.423 bits per heavy atom. The molecule has 0 aromatic carbocycles. The molecule has 19 aliphatic carbocycles. The molecule has 13 fully saturated rings. The van der Waals surface area contributed by atoms with Gasteiger partial charge in [-0.2, -0.15) is 0 Å². The van der Waals surface area contributed by atoms with Crippen LogP contribution in [0.3, 0.4) is 0 Å². The van der Waals surface area contributed by atoms with Gasteiger partial charge in [0.1, 0.15) is 0 Å². The normalized spacial score (nSPS) is 44.4. The summed E-state index contributed by atoms with van der Waals surface area (Å²) in [6, 6.07) is 0. The number of allylic oxidation sites excluding steroid dienone is 6. The first-order chi connectivity index (χ1) is 36.9. The lowest BCUT2D eigenvalue weighted by Gasteiger charge is -2.62. The Hall–Kier alpha value is -0.490. The van der Waals surface area contributed by atoms with Crippen molar-refractivity contribution in [2.45, 2.75) is 326 Å². The highest BCUT2D eigenvalue weighted by Crippen LogP contribution is 2.67. The number of fused-ring (bicyclic) bond motifs is 6. The van der Waals surface area contributed by atoms with Crippen molar-refractivity contribution in [3.05, 3.63) is 33.9 Å². The molecule has 16 bridgehead atoms. The quantitative estimate of drug-likeness (QED) is 0.191. The second-order valence-electron chi connectivity index (χ2n) is 36.0. The third-order valence-electron chi connectivity index (χ3n) is 29.3. The SMILES string of the molecule is CC1(C)C2CC3=CC(C2)CC1C3.CC1(C)C2CC3CC(C2)CC1C3.CC1(C)C2CC3CC1CC(Cl)(C3)C2.CC1(C)C2CCCC1C1=C(CCCC1)C2.CC1(C)CCCCC1.CCCC1C2=C(CCCC2)C2CCCC1C2(C)C. The number of halogens is 1. The van der Waals surface area contributed by atoms with Crippen LogP contribution in [0.4, 0.5) is 0 Å². The Morgan fingerprint density at radius 3 is 1.49 bits per heavy atom. The minimum Gasteiger partial charge on any atom is -0.119 e. The van der Waals surface area contributed by atoms with Gasteiger partial charge in [0.05, 0.1) is 0 Å². The van der Waals surface area contributed by atoms with Gasteiger partial charge in [-0.25, -0.2) is 0 Å². The van der Waals surface area contributed by atoms with Gasteiger partial charge in [0.15, 0.2) is 0 Å². The van der Waals surface area contributed by atoms with Gasteiger partial charge in [-0.3, -0.25) is 0 Å². The fraction of sp³-hybridized carbons (Fsp3) is 0.922. The van der Waals surface area contributed by atoms with E-state index >= 15 is 0 Å². The van der Waals surface area contributed by atoms with Crippen LogP contribution in [0, 0.1) is 121 Å². The van der Waals surface area contributed by atoms with E-state index in [4.69, 9.17) is 11.6 Å². The molecule has 0 aromatic rings. The molecule has 9 atom stereocenters. The zero-order valence-electron chi connectivity index (χ0n) is 54.1. The molecule has 19 aliphatic rings. The minimum absolute atomic E-state index is 0.228. The maximum atomic E-state index is 6.66. The van der Waals surface area contributed by atoms with Gasteiger partial charge in [0, 0.05) is 4.87 Å². The standard InChI is InChI=1S/C18H30.C15H24.C12H19Cl.C12H20.C12H18.C8H16/c1-4-8-14-13-9-5-6-10-15(13)17-12-7-11-16(14)18(17,2)3;1-15(2)12-7-5-9-14(15)13-8-4-3-6-11(13)10-12;1-11(2)9-3-8-4-10(11)7-12(13,5-8)6-9;2*1-12(2)10-4-8-3-9(6-10)7-11(12)5-8;1-8(2)6-4-3-5-7-8/h14,16-17H,4-12H2,1-3H3;12,14H,3-10H2,1-2H3;8-10H,3-7H2,1-2H3;8-11H,3-7H2,1-2H3;3,8,10-11H,4-7H2,1-2H3;3-7H2,1-2H3. The maximum Gasteiger partial charge on any atom is 0.0455 e. The molecule has 0 N–H and O–H groups in total. The van der Waals surface area contributed by atoms with Crippen LogP contribution < -0.4 is 0 Å². The van der Waals surface area contributed by atoms with Crippen LogP contribution in [0.5, 0.6) is 0 Å². The first kappa shape index (κ1) is 59.2. The molecule has 0 radical (unpaired) electrons. The molecule has 19 rings (SSSR count). The van der Waals surface area contributed by atoms with Crippen LogP contribution in [0.1, 0.15) is 321 Å². The topological polar surface area (TPSA) is 0 Å². The Kier molecular flexibility index (Phi) is 17.3. The maximum absolute atomic E-state index is 6.66. The second kappa shape index (κ2) is 22.7. The summed E-state index contributed by atoms with van der Waals surface area (Å²) in [5.41, 5.74) is 13.4. The van der Waals surface area contributed by atoms with Crippen LogP contribution in [-0.2, 0) is 0 Å². The summed E-state index contributed by atoms with van der Waals surface area (Å²) >= 11 is 6.66. The average Bonchev–Trinajstić information content (AvgIpc) is 3.33. The van der Waals surface area contributed by atoms with Crippen molar-refractivity contribution in [1.82, 2.24) is 0 Å². The Balaban J connectivity index is 0.000000101. The molecule has 0 saturated heterocycles. The fourth-order valence-electron chi connectivity index (χ4n) is 24.2. The highest BCUT2D eigenvalue weighted by atomic mass is 35.5. The highest BCUT2D eigenvalue weighted by molar-refractivity contribution is 6.24. The van der Waals surface area contributed by atoms with E-state index in [1.54, 1.807) is 37.7 Å². The lowest BCUT2D eigenvalue weighted by atomic mass is 9.46. The van der Waals surface area contributed by atoms with Crippen molar-refractivity contribution < 1.29 is 0 Å². The van der Waals surface area contributed by atoms with E-state index in [0.717, 1.165) is 88.8 Å². The molecule has 78 heavy (non-hydrogen) atoms. The largest absolute Gasteiger partial charge is 0.119 e. The van der Waals surface area contributed by atoms with Crippen LogP contribution in [0.15, 0.2) is 33.9 Å². The van der Waals surface area contributed by atoms with Crippen molar-refractivity contribution in [3.8, 4) is 0 Å². The predicted octanol–water partition coefficient (Wildman–Crippen LogP) is 24.1.